The largest absolute Gasteiger partial charge is 0.462 e. The molecule has 1 unspecified atom stereocenters. The molecule has 0 bridgehead atoms. The first kappa shape index (κ1) is 65.9. The van der Waals surface area contributed by atoms with E-state index >= 15 is 0 Å². The van der Waals surface area contributed by atoms with E-state index in [9.17, 15) is 14.7 Å². The fraction of sp³-hybridized carbons (Fsp3) is 0.841. The first-order valence-electron chi connectivity index (χ1n) is 30.2. The second-order valence-corrected chi connectivity index (χ2v) is 20.4. The average Bonchev–Trinajstić information content (AvgIpc) is 3.34. The molecule has 0 heterocycles. The third kappa shape index (κ3) is 56.4. The van der Waals surface area contributed by atoms with Crippen molar-refractivity contribution in [2.45, 2.75) is 328 Å². The van der Waals surface area contributed by atoms with E-state index < -0.39 is 6.10 Å². The summed E-state index contributed by atoms with van der Waals surface area (Å²) in [6.07, 6.45) is 78.1. The second-order valence-electron chi connectivity index (χ2n) is 20.4. The van der Waals surface area contributed by atoms with Gasteiger partial charge in [-0.25, -0.2) is 0 Å². The Labute approximate surface area is 424 Å². The van der Waals surface area contributed by atoms with Gasteiger partial charge in [-0.3, -0.25) is 9.59 Å². The minimum Gasteiger partial charge on any atom is -0.462 e. The van der Waals surface area contributed by atoms with Gasteiger partial charge in [-0.15, -0.1) is 0 Å². The molecule has 0 aromatic carbocycles. The molecular formula is C63H116O5. The van der Waals surface area contributed by atoms with Crippen molar-refractivity contribution in [1.82, 2.24) is 0 Å². The van der Waals surface area contributed by atoms with Gasteiger partial charge in [0.25, 0.3) is 0 Å². The molecule has 0 aliphatic rings. The molecule has 0 saturated heterocycles. The molecule has 0 amide bonds. The predicted octanol–water partition coefficient (Wildman–Crippen LogP) is 20.4. The zero-order valence-electron chi connectivity index (χ0n) is 45.6. The van der Waals surface area contributed by atoms with Crippen LogP contribution in [-0.2, 0) is 19.1 Å². The molecular weight excluding hydrogens is 837 g/mol. The normalized spacial score (nSPS) is 12.5. The number of ether oxygens (including phenoxy) is 2. The van der Waals surface area contributed by atoms with Crippen molar-refractivity contribution in [3.63, 3.8) is 0 Å². The Morgan fingerprint density at radius 3 is 0.868 bits per heavy atom. The predicted molar refractivity (Wildman–Crippen MR) is 297 cm³/mol. The highest BCUT2D eigenvalue weighted by Crippen LogP contribution is 2.17. The minimum atomic E-state index is -0.772. The third-order valence-electron chi connectivity index (χ3n) is 13.6. The minimum absolute atomic E-state index is 0.0628. The fourth-order valence-corrected chi connectivity index (χ4v) is 9.03. The number of carbonyl (C=O) groups excluding carboxylic acids is 2. The van der Waals surface area contributed by atoms with Gasteiger partial charge in [0.2, 0.25) is 0 Å². The molecule has 5 heteroatoms. The van der Waals surface area contributed by atoms with Crippen molar-refractivity contribution >= 4 is 11.9 Å². The van der Waals surface area contributed by atoms with Crippen LogP contribution in [0.25, 0.3) is 0 Å². The lowest BCUT2D eigenvalue weighted by Gasteiger charge is -2.15. The summed E-state index contributed by atoms with van der Waals surface area (Å²) >= 11 is 0. The number of unbranched alkanes of at least 4 members (excludes halogenated alkanes) is 40. The molecule has 0 rings (SSSR count). The van der Waals surface area contributed by atoms with Crippen molar-refractivity contribution in [2.75, 3.05) is 13.2 Å². The highest BCUT2D eigenvalue weighted by molar-refractivity contribution is 5.70. The summed E-state index contributed by atoms with van der Waals surface area (Å²) < 4.78 is 10.7. The lowest BCUT2D eigenvalue weighted by atomic mass is 10.0. The van der Waals surface area contributed by atoms with Crippen LogP contribution in [0.2, 0.25) is 0 Å². The van der Waals surface area contributed by atoms with Gasteiger partial charge < -0.3 is 14.6 Å². The van der Waals surface area contributed by atoms with Crippen molar-refractivity contribution in [3.05, 3.63) is 48.6 Å². The molecule has 5 nitrogen and oxygen atoms in total. The molecule has 398 valence electrons. The van der Waals surface area contributed by atoms with E-state index in [1.807, 2.05) is 0 Å². The van der Waals surface area contributed by atoms with E-state index in [0.717, 1.165) is 51.4 Å². The number of aliphatic hydroxyl groups excluding tert-OH is 1. The van der Waals surface area contributed by atoms with Crippen LogP contribution >= 0.6 is 0 Å². The standard InChI is InChI=1S/C63H116O5/c1-3-5-7-9-11-13-15-17-19-21-23-25-27-29-31-33-35-37-39-41-43-45-47-49-51-53-55-57-62(65)67-60-61(59-64)68-63(66)58-56-54-52-50-48-46-44-42-40-38-36-34-32-30-28-26-24-22-20-18-16-14-12-10-8-6-4-2/h15-18,21-24,61,64H,3-14,19-20,25-60H2,1-2H3/b17-15-,18-16-,23-21-,24-22-. The Balaban J connectivity index is 3.44. The Morgan fingerprint density at radius 2 is 0.588 bits per heavy atom. The number of allylic oxidation sites excluding steroid dienone is 8. The first-order chi connectivity index (χ1) is 33.6. The Bertz CT molecular complexity index is 1120. The monoisotopic (exact) mass is 953 g/mol. The van der Waals surface area contributed by atoms with Crippen molar-refractivity contribution in [3.8, 4) is 0 Å². The summed E-state index contributed by atoms with van der Waals surface area (Å²) in [4.78, 5) is 24.6. The van der Waals surface area contributed by atoms with Gasteiger partial charge in [-0.05, 0) is 77.0 Å². The lowest BCUT2D eigenvalue weighted by molar-refractivity contribution is -0.161. The lowest BCUT2D eigenvalue weighted by Crippen LogP contribution is -2.28. The Morgan fingerprint density at radius 1 is 0.338 bits per heavy atom. The van der Waals surface area contributed by atoms with Crippen LogP contribution in [0.4, 0.5) is 0 Å². The van der Waals surface area contributed by atoms with Crippen LogP contribution in [0.3, 0.4) is 0 Å². The van der Waals surface area contributed by atoms with Gasteiger partial charge in [0.1, 0.15) is 6.61 Å². The maximum absolute atomic E-state index is 12.3. The molecule has 1 N–H and O–H groups in total. The van der Waals surface area contributed by atoms with E-state index in [-0.39, 0.29) is 25.2 Å². The van der Waals surface area contributed by atoms with Gasteiger partial charge >= 0.3 is 11.9 Å². The molecule has 0 spiro atoms. The smallest absolute Gasteiger partial charge is 0.306 e. The number of hydrogen-bond donors (Lipinski definition) is 1. The van der Waals surface area contributed by atoms with E-state index in [1.165, 1.54) is 244 Å². The molecule has 68 heavy (non-hydrogen) atoms. The molecule has 0 radical (unpaired) electrons. The maximum Gasteiger partial charge on any atom is 0.306 e. The van der Waals surface area contributed by atoms with E-state index in [0.29, 0.717) is 12.8 Å². The molecule has 0 saturated carbocycles. The molecule has 0 aliphatic heterocycles. The van der Waals surface area contributed by atoms with Crippen molar-refractivity contribution in [2.24, 2.45) is 0 Å². The molecule has 0 fully saturated rings. The number of aliphatic hydroxyl groups is 1. The fourth-order valence-electron chi connectivity index (χ4n) is 9.03. The number of hydrogen-bond acceptors (Lipinski definition) is 5. The van der Waals surface area contributed by atoms with Gasteiger partial charge in [0.15, 0.2) is 6.10 Å². The van der Waals surface area contributed by atoms with Crippen LogP contribution in [0.15, 0.2) is 48.6 Å². The average molecular weight is 954 g/mol. The molecule has 1 atom stereocenters. The Kier molecular flexibility index (Phi) is 57.3. The van der Waals surface area contributed by atoms with Crippen LogP contribution in [0, 0.1) is 0 Å². The van der Waals surface area contributed by atoms with Crippen molar-refractivity contribution < 1.29 is 24.2 Å². The van der Waals surface area contributed by atoms with Crippen molar-refractivity contribution in [1.29, 1.82) is 0 Å². The Hall–Kier alpha value is -2.14. The van der Waals surface area contributed by atoms with Crippen LogP contribution in [0.1, 0.15) is 322 Å². The number of rotatable bonds is 56. The first-order valence-corrected chi connectivity index (χ1v) is 30.2. The summed E-state index contributed by atoms with van der Waals surface area (Å²) in [7, 11) is 0. The SMILES string of the molecule is CCCCCCC/C=C\C/C=C\CCCCCCCCCCCCCCCCCC(=O)OCC(CO)OC(=O)CCCCCCCCCCCCCCCCC/C=C\C/C=C\CCCCCCC. The summed E-state index contributed by atoms with van der Waals surface area (Å²) in [5.41, 5.74) is 0. The highest BCUT2D eigenvalue weighted by atomic mass is 16.6. The summed E-state index contributed by atoms with van der Waals surface area (Å²) in [6.45, 7) is 4.16. The van der Waals surface area contributed by atoms with Gasteiger partial charge in [-0.1, -0.05) is 281 Å². The van der Waals surface area contributed by atoms with Crippen LogP contribution in [-0.4, -0.2) is 36.4 Å². The van der Waals surface area contributed by atoms with Gasteiger partial charge in [-0.2, -0.15) is 0 Å². The maximum atomic E-state index is 12.3. The zero-order valence-corrected chi connectivity index (χ0v) is 45.6. The molecule has 0 aromatic rings. The number of esters is 2. The summed E-state index contributed by atoms with van der Waals surface area (Å²) in [6, 6.07) is 0. The van der Waals surface area contributed by atoms with E-state index in [2.05, 4.69) is 62.5 Å². The quantitative estimate of drug-likeness (QED) is 0.0374. The second kappa shape index (κ2) is 59.2. The van der Waals surface area contributed by atoms with Gasteiger partial charge in [0.05, 0.1) is 6.61 Å². The molecule has 0 aromatic heterocycles. The molecule has 0 aliphatic carbocycles. The summed E-state index contributed by atoms with van der Waals surface area (Å²) in [5.74, 6) is -0.575. The van der Waals surface area contributed by atoms with Crippen LogP contribution in [0.5, 0.6) is 0 Å². The zero-order chi connectivity index (χ0) is 49.2. The third-order valence-corrected chi connectivity index (χ3v) is 13.6. The van der Waals surface area contributed by atoms with Gasteiger partial charge in [0, 0.05) is 12.8 Å². The highest BCUT2D eigenvalue weighted by Gasteiger charge is 2.16. The number of carbonyl (C=O) groups is 2. The van der Waals surface area contributed by atoms with E-state index in [1.54, 1.807) is 0 Å². The van der Waals surface area contributed by atoms with Crippen LogP contribution < -0.4 is 0 Å². The summed E-state index contributed by atoms with van der Waals surface area (Å²) in [5, 5.41) is 9.67. The topological polar surface area (TPSA) is 72.8 Å². The van der Waals surface area contributed by atoms with E-state index in [4.69, 9.17) is 9.47 Å².